The van der Waals surface area contributed by atoms with Gasteiger partial charge in [0.2, 0.25) is 0 Å². The number of likely N-dealkylation sites (N-methyl/N-ethyl adjacent to an activating group) is 1. The molecule has 0 spiro atoms. The average molecular weight is 442 g/mol. The van der Waals surface area contributed by atoms with Crippen molar-refractivity contribution in [3.63, 3.8) is 0 Å². The van der Waals surface area contributed by atoms with E-state index in [2.05, 4.69) is 30.0 Å². The molecule has 0 bridgehead atoms. The lowest BCUT2D eigenvalue weighted by atomic mass is 10.0. The predicted molar refractivity (Wildman–Crippen MR) is 133 cm³/mol. The zero-order valence-electron chi connectivity index (χ0n) is 19.8. The van der Waals surface area contributed by atoms with Gasteiger partial charge in [0.1, 0.15) is 18.0 Å². The molecule has 0 saturated heterocycles. The van der Waals surface area contributed by atoms with Crippen molar-refractivity contribution >= 4 is 5.97 Å². The van der Waals surface area contributed by atoms with Crippen LogP contribution in [0.5, 0.6) is 5.75 Å². The molecule has 3 aromatic rings. The minimum Gasteiger partial charge on any atom is -0.491 e. The Labute approximate surface area is 197 Å². The summed E-state index contributed by atoms with van der Waals surface area (Å²) in [6.45, 7) is 6.84. The summed E-state index contributed by atoms with van der Waals surface area (Å²) in [5.41, 5.74) is 3.51. The van der Waals surface area contributed by atoms with Crippen LogP contribution in [0.15, 0.2) is 78.9 Å². The van der Waals surface area contributed by atoms with Crippen LogP contribution in [0.3, 0.4) is 0 Å². The fourth-order valence-electron chi connectivity index (χ4n) is 3.21. The van der Waals surface area contributed by atoms with Crippen molar-refractivity contribution in [2.75, 3.05) is 26.7 Å². The van der Waals surface area contributed by atoms with Gasteiger partial charge in [-0.3, -0.25) is 9.69 Å². The van der Waals surface area contributed by atoms with E-state index >= 15 is 0 Å². The van der Waals surface area contributed by atoms with Crippen LogP contribution in [-0.4, -0.2) is 43.2 Å². The Kier molecular flexibility index (Phi) is 8.29. The summed E-state index contributed by atoms with van der Waals surface area (Å²) in [6.07, 6.45) is 0. The third-order valence-electron chi connectivity index (χ3n) is 4.75. The zero-order valence-corrected chi connectivity index (χ0v) is 19.8. The molecular weight excluding hydrogens is 410 g/mol. The van der Waals surface area contributed by atoms with Gasteiger partial charge in [-0.2, -0.15) is 0 Å². The molecule has 0 aliphatic carbocycles. The first-order valence-electron chi connectivity index (χ1n) is 11.1. The highest BCUT2D eigenvalue weighted by atomic mass is 16.6. The lowest BCUT2D eigenvalue weighted by molar-refractivity contribution is -0.155. The molecular formula is C29H31NO3. The molecule has 0 fully saturated rings. The Morgan fingerprint density at radius 2 is 1.55 bits per heavy atom. The van der Waals surface area contributed by atoms with Gasteiger partial charge < -0.3 is 9.47 Å². The van der Waals surface area contributed by atoms with Crippen molar-refractivity contribution in [2.24, 2.45) is 0 Å². The summed E-state index contributed by atoms with van der Waals surface area (Å²) in [7, 11) is 1.88. The van der Waals surface area contributed by atoms with Crippen molar-refractivity contribution < 1.29 is 14.3 Å². The van der Waals surface area contributed by atoms with Crippen molar-refractivity contribution in [1.82, 2.24) is 4.90 Å². The van der Waals surface area contributed by atoms with Gasteiger partial charge in [0, 0.05) is 12.1 Å². The van der Waals surface area contributed by atoms with E-state index in [1.807, 2.05) is 93.4 Å². The topological polar surface area (TPSA) is 38.8 Å². The quantitative estimate of drug-likeness (QED) is 0.363. The number of nitrogens with zero attached hydrogens (tertiary/aromatic N) is 1. The van der Waals surface area contributed by atoms with Gasteiger partial charge in [-0.1, -0.05) is 66.4 Å². The standard InChI is InChI=1S/C29H31NO3/c1-29(2,3)33-28(31)22-30(4)19-20-32-27-18-17-25(24-13-9-6-10-14-24)21-26(27)16-15-23-11-7-5-8-12-23/h5-14,17-18,21H,19-20,22H2,1-4H3. The summed E-state index contributed by atoms with van der Waals surface area (Å²) in [5, 5.41) is 0. The van der Waals surface area contributed by atoms with Crippen molar-refractivity contribution in [3.8, 4) is 28.7 Å². The third kappa shape index (κ3) is 8.14. The molecule has 4 nitrogen and oxygen atoms in total. The monoisotopic (exact) mass is 441 g/mol. The Bertz CT molecular complexity index is 1110. The molecule has 3 rings (SSSR count). The Balaban J connectivity index is 1.71. The van der Waals surface area contributed by atoms with E-state index in [1.165, 1.54) is 0 Å². The maximum Gasteiger partial charge on any atom is 0.320 e. The molecule has 0 aliphatic heterocycles. The van der Waals surface area contributed by atoms with Crippen LogP contribution in [0, 0.1) is 11.8 Å². The van der Waals surface area contributed by atoms with Gasteiger partial charge in [-0.05, 0) is 63.2 Å². The normalized spacial score (nSPS) is 10.9. The van der Waals surface area contributed by atoms with E-state index in [9.17, 15) is 4.79 Å². The first-order valence-corrected chi connectivity index (χ1v) is 11.1. The number of esters is 1. The van der Waals surface area contributed by atoms with E-state index in [4.69, 9.17) is 9.47 Å². The van der Waals surface area contributed by atoms with Gasteiger partial charge in [0.05, 0.1) is 12.1 Å². The summed E-state index contributed by atoms with van der Waals surface area (Å²) in [5.74, 6) is 6.98. The number of rotatable bonds is 7. The van der Waals surface area contributed by atoms with Crippen LogP contribution < -0.4 is 4.74 Å². The zero-order chi connectivity index (χ0) is 23.7. The second-order valence-electron chi connectivity index (χ2n) is 8.87. The average Bonchev–Trinajstić information content (AvgIpc) is 2.78. The second-order valence-corrected chi connectivity index (χ2v) is 8.87. The molecule has 0 N–H and O–H groups in total. The van der Waals surface area contributed by atoms with Gasteiger partial charge in [0.25, 0.3) is 0 Å². The van der Waals surface area contributed by atoms with Gasteiger partial charge in [0.15, 0.2) is 0 Å². The maximum atomic E-state index is 12.0. The number of ether oxygens (including phenoxy) is 2. The van der Waals surface area contributed by atoms with E-state index in [0.29, 0.717) is 13.2 Å². The minimum atomic E-state index is -0.485. The van der Waals surface area contributed by atoms with E-state index in [-0.39, 0.29) is 12.5 Å². The van der Waals surface area contributed by atoms with Gasteiger partial charge >= 0.3 is 5.97 Å². The fourth-order valence-corrected chi connectivity index (χ4v) is 3.21. The van der Waals surface area contributed by atoms with Crippen molar-refractivity contribution in [2.45, 2.75) is 26.4 Å². The van der Waals surface area contributed by atoms with E-state index in [1.54, 1.807) is 0 Å². The van der Waals surface area contributed by atoms with Crippen LogP contribution in [0.4, 0.5) is 0 Å². The van der Waals surface area contributed by atoms with Gasteiger partial charge in [-0.25, -0.2) is 0 Å². The summed E-state index contributed by atoms with van der Waals surface area (Å²) < 4.78 is 11.5. The number of benzene rings is 3. The lowest BCUT2D eigenvalue weighted by Crippen LogP contribution is -2.34. The molecule has 0 aliphatic rings. The van der Waals surface area contributed by atoms with E-state index in [0.717, 1.165) is 28.0 Å². The fraction of sp³-hybridized carbons (Fsp3) is 0.276. The highest BCUT2D eigenvalue weighted by Crippen LogP contribution is 2.26. The largest absolute Gasteiger partial charge is 0.491 e. The second kappa shape index (κ2) is 11.4. The molecule has 0 aromatic heterocycles. The Morgan fingerprint density at radius 1 is 0.879 bits per heavy atom. The molecule has 0 amide bonds. The molecule has 3 aromatic carbocycles. The van der Waals surface area contributed by atoms with Crippen LogP contribution in [0.1, 0.15) is 31.9 Å². The Hall–Kier alpha value is -3.55. The molecule has 0 radical (unpaired) electrons. The van der Waals surface area contributed by atoms with Gasteiger partial charge in [-0.15, -0.1) is 0 Å². The molecule has 0 unspecified atom stereocenters. The van der Waals surface area contributed by atoms with Crippen LogP contribution in [0.25, 0.3) is 11.1 Å². The summed E-state index contributed by atoms with van der Waals surface area (Å²) >= 11 is 0. The third-order valence-corrected chi connectivity index (χ3v) is 4.75. The molecule has 170 valence electrons. The first kappa shape index (κ1) is 24.1. The maximum absolute atomic E-state index is 12.0. The SMILES string of the molecule is CN(CCOc1ccc(-c2ccccc2)cc1C#Cc1ccccc1)CC(=O)OC(C)(C)C. The van der Waals surface area contributed by atoms with Crippen molar-refractivity contribution in [3.05, 3.63) is 90.0 Å². The number of hydrogen-bond donors (Lipinski definition) is 0. The molecule has 0 heterocycles. The number of hydrogen-bond acceptors (Lipinski definition) is 4. The number of carbonyl (C=O) groups excluding carboxylic acids is 1. The smallest absolute Gasteiger partial charge is 0.320 e. The van der Waals surface area contributed by atoms with Crippen LogP contribution in [0.2, 0.25) is 0 Å². The number of carbonyl (C=O) groups is 1. The molecule has 0 saturated carbocycles. The van der Waals surface area contributed by atoms with Crippen LogP contribution >= 0.6 is 0 Å². The molecule has 4 heteroatoms. The predicted octanol–water partition coefficient (Wildman–Crippen LogP) is 5.41. The highest BCUT2D eigenvalue weighted by Gasteiger charge is 2.17. The minimum absolute atomic E-state index is 0.217. The Morgan fingerprint density at radius 3 is 2.21 bits per heavy atom. The van der Waals surface area contributed by atoms with Crippen LogP contribution in [-0.2, 0) is 9.53 Å². The molecule has 0 atom stereocenters. The first-order chi connectivity index (χ1) is 15.8. The summed E-state index contributed by atoms with van der Waals surface area (Å²) in [6, 6.07) is 26.2. The lowest BCUT2D eigenvalue weighted by Gasteiger charge is -2.22. The molecule has 33 heavy (non-hydrogen) atoms. The highest BCUT2D eigenvalue weighted by molar-refractivity contribution is 5.72. The summed E-state index contributed by atoms with van der Waals surface area (Å²) in [4.78, 5) is 13.9. The van der Waals surface area contributed by atoms with E-state index < -0.39 is 5.60 Å². The van der Waals surface area contributed by atoms with Crippen molar-refractivity contribution in [1.29, 1.82) is 0 Å².